The van der Waals surface area contributed by atoms with Gasteiger partial charge in [0.1, 0.15) is 0 Å². The number of hydrogen-bond acceptors (Lipinski definition) is 2. The first-order valence-corrected chi connectivity index (χ1v) is 2.88. The molecule has 37 valence electrons. The smallest absolute Gasteiger partial charge is 0.0883 e. The van der Waals surface area contributed by atoms with Crippen LogP contribution in [-0.4, -0.2) is 0 Å². The molecule has 1 N–H and O–H groups in total. The fraction of sp³-hybridized carbons (Fsp3) is 0. The van der Waals surface area contributed by atoms with Gasteiger partial charge in [0.05, 0.1) is 5.00 Å². The van der Waals surface area contributed by atoms with Gasteiger partial charge >= 0.3 is 0 Å². The minimum absolute atomic E-state index is 1.11. The van der Waals surface area contributed by atoms with Crippen molar-refractivity contribution in [1.82, 2.24) is 0 Å². The Kier molecular flexibility index (Phi) is 1.32. The van der Waals surface area contributed by atoms with Crippen LogP contribution in [0.2, 0.25) is 0 Å². The lowest BCUT2D eigenvalue weighted by atomic mass is 10.6. The molecular weight excluding hydrogens is 106 g/mol. The zero-order valence-electron chi connectivity index (χ0n) is 3.85. The zero-order chi connectivity index (χ0) is 5.11. The average Bonchev–Trinajstić information content (AvgIpc) is 2.14. The van der Waals surface area contributed by atoms with E-state index in [0.29, 0.717) is 0 Å². The zero-order valence-corrected chi connectivity index (χ0v) is 4.66. The highest BCUT2D eigenvalue weighted by Gasteiger charge is 1.81. The monoisotopic (exact) mass is 112 g/mol. The van der Waals surface area contributed by atoms with Crippen molar-refractivity contribution in [2.24, 2.45) is 0 Å². The second kappa shape index (κ2) is 1.98. The van der Waals surface area contributed by atoms with Crippen molar-refractivity contribution in [2.45, 2.75) is 0 Å². The molecule has 0 unspecified atom stereocenters. The molecule has 0 fully saturated rings. The van der Waals surface area contributed by atoms with Gasteiger partial charge in [0.25, 0.3) is 0 Å². The minimum atomic E-state index is 1.11. The van der Waals surface area contributed by atoms with E-state index >= 15 is 0 Å². The van der Waals surface area contributed by atoms with E-state index in [1.54, 1.807) is 11.3 Å². The van der Waals surface area contributed by atoms with E-state index in [-0.39, 0.29) is 0 Å². The third-order valence-corrected chi connectivity index (χ3v) is 1.52. The summed E-state index contributed by atoms with van der Waals surface area (Å²) in [6.45, 7) is 0. The van der Waals surface area contributed by atoms with E-state index in [1.807, 2.05) is 17.5 Å². The molecule has 0 aliphatic carbocycles. The van der Waals surface area contributed by atoms with Gasteiger partial charge in [0.15, 0.2) is 0 Å². The van der Waals surface area contributed by atoms with Crippen LogP contribution in [0.5, 0.6) is 0 Å². The Balaban J connectivity index is 2.76. The molecule has 0 aliphatic heterocycles. The van der Waals surface area contributed by atoms with E-state index in [2.05, 4.69) is 12.4 Å². The normalized spacial score (nSPS) is 8.71. The summed E-state index contributed by atoms with van der Waals surface area (Å²) >= 11 is 1.65. The van der Waals surface area contributed by atoms with Gasteiger partial charge < -0.3 is 5.32 Å². The van der Waals surface area contributed by atoms with Crippen molar-refractivity contribution in [3.8, 4) is 0 Å². The summed E-state index contributed by atoms with van der Waals surface area (Å²) in [5.74, 6) is 0. The van der Waals surface area contributed by atoms with Gasteiger partial charge in [-0.05, 0) is 17.5 Å². The summed E-state index contributed by atoms with van der Waals surface area (Å²) in [5, 5.41) is 5.89. The predicted molar refractivity (Wildman–Crippen MR) is 33.3 cm³/mol. The summed E-state index contributed by atoms with van der Waals surface area (Å²) in [4.78, 5) is 0. The van der Waals surface area contributed by atoms with Gasteiger partial charge in [-0.1, -0.05) is 0 Å². The maximum Gasteiger partial charge on any atom is 0.0883 e. The van der Waals surface area contributed by atoms with Crippen LogP contribution in [-0.2, 0) is 0 Å². The predicted octanol–water partition coefficient (Wildman–Crippen LogP) is 1.95. The molecule has 0 bridgehead atoms. The Labute approximate surface area is 47.0 Å². The minimum Gasteiger partial charge on any atom is -0.375 e. The summed E-state index contributed by atoms with van der Waals surface area (Å²) in [6.07, 6.45) is 0. The summed E-state index contributed by atoms with van der Waals surface area (Å²) in [7, 11) is 3.49. The molecule has 1 nitrogen and oxygen atoms in total. The fourth-order valence-electron chi connectivity index (χ4n) is 0.379. The topological polar surface area (TPSA) is 12.0 Å². The number of hydrogen-bond donors (Lipinski definition) is 1. The van der Waals surface area contributed by atoms with Crippen LogP contribution in [0.25, 0.3) is 0 Å². The Morgan fingerprint density at radius 3 is 2.86 bits per heavy atom. The highest BCUT2D eigenvalue weighted by molar-refractivity contribution is 7.14. The molecule has 1 radical (unpaired) electrons. The van der Waals surface area contributed by atoms with Crippen LogP contribution in [0.15, 0.2) is 17.5 Å². The first kappa shape index (κ1) is 4.65. The number of anilines is 1. The van der Waals surface area contributed by atoms with Crippen molar-refractivity contribution in [1.29, 1.82) is 0 Å². The molecule has 1 aromatic heterocycles. The van der Waals surface area contributed by atoms with Gasteiger partial charge in [-0.2, -0.15) is 0 Å². The molecule has 0 saturated heterocycles. The van der Waals surface area contributed by atoms with Gasteiger partial charge in [0.2, 0.25) is 0 Å². The fourth-order valence-corrected chi connectivity index (χ4v) is 0.923. The van der Waals surface area contributed by atoms with Crippen molar-refractivity contribution in [3.05, 3.63) is 24.6 Å². The Hall–Kier alpha value is -0.500. The third kappa shape index (κ3) is 0.933. The number of thiophene rings is 1. The third-order valence-electron chi connectivity index (χ3n) is 0.695. The van der Waals surface area contributed by atoms with Gasteiger partial charge in [-0.3, -0.25) is 0 Å². The molecule has 1 aromatic rings. The molecule has 2 heteroatoms. The molecule has 0 aromatic carbocycles. The van der Waals surface area contributed by atoms with E-state index in [0.717, 1.165) is 5.00 Å². The first-order valence-electron chi connectivity index (χ1n) is 2.00. The lowest BCUT2D eigenvalue weighted by Gasteiger charge is -1.85. The first-order chi connectivity index (χ1) is 3.43. The quantitative estimate of drug-likeness (QED) is 0.585. The van der Waals surface area contributed by atoms with Crippen LogP contribution in [0, 0.1) is 7.05 Å². The van der Waals surface area contributed by atoms with Gasteiger partial charge in [-0.25, -0.2) is 0 Å². The van der Waals surface area contributed by atoms with Crippen molar-refractivity contribution in [3.63, 3.8) is 0 Å². The lowest BCUT2D eigenvalue weighted by molar-refractivity contribution is 1.73. The Morgan fingerprint density at radius 1 is 1.71 bits per heavy atom. The van der Waals surface area contributed by atoms with Gasteiger partial charge in [-0.15, -0.1) is 11.3 Å². The molecule has 0 amide bonds. The Bertz CT molecular complexity index is 123. The SMILES string of the molecule is [CH2]Nc1cccs1. The lowest BCUT2D eigenvalue weighted by Crippen LogP contribution is -1.74. The molecule has 1 heterocycles. The summed E-state index contributed by atoms with van der Waals surface area (Å²) < 4.78 is 0. The van der Waals surface area contributed by atoms with Crippen LogP contribution in [0.4, 0.5) is 5.00 Å². The van der Waals surface area contributed by atoms with E-state index in [1.165, 1.54) is 0 Å². The molecule has 0 spiro atoms. The molecule has 0 atom stereocenters. The van der Waals surface area contributed by atoms with Crippen molar-refractivity contribution >= 4 is 16.3 Å². The summed E-state index contributed by atoms with van der Waals surface area (Å²) in [5.41, 5.74) is 0. The van der Waals surface area contributed by atoms with Crippen LogP contribution < -0.4 is 5.32 Å². The van der Waals surface area contributed by atoms with Crippen molar-refractivity contribution in [2.75, 3.05) is 5.32 Å². The largest absolute Gasteiger partial charge is 0.375 e. The highest BCUT2D eigenvalue weighted by atomic mass is 32.1. The Morgan fingerprint density at radius 2 is 2.57 bits per heavy atom. The van der Waals surface area contributed by atoms with Crippen LogP contribution >= 0.6 is 11.3 Å². The van der Waals surface area contributed by atoms with Crippen LogP contribution in [0.3, 0.4) is 0 Å². The summed E-state index contributed by atoms with van der Waals surface area (Å²) in [6, 6.07) is 3.97. The highest BCUT2D eigenvalue weighted by Crippen LogP contribution is 2.13. The molecule has 0 saturated carbocycles. The van der Waals surface area contributed by atoms with E-state index in [9.17, 15) is 0 Å². The van der Waals surface area contributed by atoms with E-state index < -0.39 is 0 Å². The van der Waals surface area contributed by atoms with Gasteiger partial charge in [0, 0.05) is 7.05 Å². The van der Waals surface area contributed by atoms with Crippen LogP contribution in [0.1, 0.15) is 0 Å². The molecule has 7 heavy (non-hydrogen) atoms. The number of rotatable bonds is 1. The second-order valence-corrected chi connectivity index (χ2v) is 2.10. The molecule has 1 rings (SSSR count). The maximum atomic E-state index is 3.49. The van der Waals surface area contributed by atoms with Crippen molar-refractivity contribution < 1.29 is 0 Å². The molecular formula is C5H6NS. The van der Waals surface area contributed by atoms with E-state index in [4.69, 9.17) is 0 Å². The maximum absolute atomic E-state index is 3.49. The number of nitrogens with one attached hydrogen (secondary N) is 1. The second-order valence-electron chi connectivity index (χ2n) is 1.15. The average molecular weight is 112 g/mol. The standard InChI is InChI=1S/C5H6NS/c1-6-5-3-2-4-7-5/h2-4,6H,1H2. The molecule has 0 aliphatic rings.